The SMILES string of the molecule is CCCCCCc1cc(C2=CC(CCCC)=C(c3cc(CCCCCC)c(CCCCC)c(CCCCCC)c3)[N+]2=[N-])cc(CCCCCC)c1CCCCC.CC[O][Pd][O]CC. The van der Waals surface area contributed by atoms with E-state index in [1.165, 1.54) is 171 Å². The van der Waals surface area contributed by atoms with E-state index < -0.39 is 0 Å². The van der Waals surface area contributed by atoms with Gasteiger partial charge in [-0.15, -0.1) is 0 Å². The molecule has 1 aliphatic rings. The van der Waals surface area contributed by atoms with Crippen LogP contribution in [0.4, 0.5) is 0 Å². The van der Waals surface area contributed by atoms with E-state index in [1.54, 1.807) is 38.1 Å². The zero-order valence-electron chi connectivity index (χ0n) is 42.7. The summed E-state index contributed by atoms with van der Waals surface area (Å²) in [6.45, 7) is 21.7. The maximum absolute atomic E-state index is 12.6. The molecular weight excluding hydrogens is 863 g/mol. The van der Waals surface area contributed by atoms with E-state index in [-0.39, 0.29) is 18.7 Å². The van der Waals surface area contributed by atoms with Gasteiger partial charge in [0.05, 0.1) is 0 Å². The molecule has 0 aliphatic carbocycles. The average molecular weight is 962 g/mol. The van der Waals surface area contributed by atoms with Gasteiger partial charge in [-0.25, -0.2) is 4.70 Å². The van der Waals surface area contributed by atoms with Crippen molar-refractivity contribution in [3.8, 4) is 0 Å². The molecule has 0 saturated heterocycles. The van der Waals surface area contributed by atoms with Crippen molar-refractivity contribution >= 4 is 11.4 Å². The third-order valence-electron chi connectivity index (χ3n) is 12.8. The van der Waals surface area contributed by atoms with Gasteiger partial charge in [0.2, 0.25) is 11.4 Å². The summed E-state index contributed by atoms with van der Waals surface area (Å²) in [7, 11) is 0. The van der Waals surface area contributed by atoms with Crippen molar-refractivity contribution in [1.29, 1.82) is 0 Å². The molecule has 0 saturated carbocycles. The molecule has 0 unspecified atom stereocenters. The first kappa shape index (κ1) is 57.2. The predicted octanol–water partition coefficient (Wildman–Crippen LogP) is 18.6. The fraction of sp³-hybridized carbons (Fsp3) is 0.724. The van der Waals surface area contributed by atoms with Gasteiger partial charge in [-0.2, -0.15) is 0 Å². The van der Waals surface area contributed by atoms with E-state index in [0.717, 1.165) is 69.6 Å². The summed E-state index contributed by atoms with van der Waals surface area (Å²) in [5.74, 6) is 0. The van der Waals surface area contributed by atoms with Crippen LogP contribution in [0.15, 0.2) is 35.9 Å². The second-order valence-corrected chi connectivity index (χ2v) is 19.5. The molecule has 3 rings (SSSR count). The Hall–Kier alpha value is -1.90. The molecule has 0 radical (unpaired) electrons. The van der Waals surface area contributed by atoms with Crippen molar-refractivity contribution in [3.63, 3.8) is 0 Å². The van der Waals surface area contributed by atoms with Gasteiger partial charge < -0.3 is 5.53 Å². The Morgan fingerprint density at radius 2 is 0.730 bits per heavy atom. The Labute approximate surface area is 400 Å². The molecule has 5 heteroatoms. The van der Waals surface area contributed by atoms with Crippen LogP contribution in [-0.2, 0) is 64.2 Å². The van der Waals surface area contributed by atoms with E-state index in [2.05, 4.69) is 78.8 Å². The first-order chi connectivity index (χ1) is 30.9. The molecule has 0 N–H and O–H groups in total. The third kappa shape index (κ3) is 22.0. The number of aryl methyl sites for hydroxylation is 4. The second kappa shape index (κ2) is 37.2. The molecule has 4 nitrogen and oxygen atoms in total. The van der Waals surface area contributed by atoms with E-state index >= 15 is 0 Å². The van der Waals surface area contributed by atoms with Crippen LogP contribution in [0.2, 0.25) is 0 Å². The van der Waals surface area contributed by atoms with Gasteiger partial charge >= 0.3 is 52.7 Å². The van der Waals surface area contributed by atoms with Gasteiger partial charge in [0.25, 0.3) is 0 Å². The summed E-state index contributed by atoms with van der Waals surface area (Å²) in [6.07, 6.45) is 41.0. The Balaban J connectivity index is 0.00000179. The van der Waals surface area contributed by atoms with Crippen LogP contribution in [0.1, 0.15) is 267 Å². The van der Waals surface area contributed by atoms with E-state index in [0.29, 0.717) is 0 Å². The van der Waals surface area contributed by atoms with Crippen molar-refractivity contribution in [1.82, 2.24) is 0 Å². The first-order valence-corrected chi connectivity index (χ1v) is 28.2. The van der Waals surface area contributed by atoms with Crippen LogP contribution < -0.4 is 0 Å². The zero-order valence-corrected chi connectivity index (χ0v) is 44.3. The summed E-state index contributed by atoms with van der Waals surface area (Å²) in [6, 6.07) is 10.1. The Kier molecular flexibility index (Phi) is 33.8. The fourth-order valence-corrected chi connectivity index (χ4v) is 9.71. The summed E-state index contributed by atoms with van der Waals surface area (Å²) >= 11 is 0.0681. The molecule has 0 amide bonds. The summed E-state index contributed by atoms with van der Waals surface area (Å²) < 4.78 is 11.4. The molecule has 0 fully saturated rings. The van der Waals surface area contributed by atoms with Crippen molar-refractivity contribution in [2.24, 2.45) is 0 Å². The standard InChI is InChI=1S/C54H88N2.2C2H5O.Pd/c1-8-15-22-28-33-44-39-49(40-45(34-29-23-16-9-2)51(44)37-26-19-12-5)53-43-48(32-21-14-7)54(56(53)55)50-41-46(35-30-24-17-10-3)52(38-27-20-13-6)47(42-50)36-31-25-18-11-4;2*1-2-3;/h39-43H,8-38H2,1-7H3;2*2H2,1H3;/q;2*-1;+2. The Bertz CT molecular complexity index is 1500. The summed E-state index contributed by atoms with van der Waals surface area (Å²) in [4.78, 5) is 0. The normalized spacial score (nSPS) is 12.7. The first-order valence-electron chi connectivity index (χ1n) is 27.0. The Morgan fingerprint density at radius 1 is 0.397 bits per heavy atom. The van der Waals surface area contributed by atoms with Gasteiger partial charge in [0.15, 0.2) is 0 Å². The number of rotatable bonds is 37. The van der Waals surface area contributed by atoms with Crippen molar-refractivity contribution in [2.75, 3.05) is 13.2 Å². The molecule has 0 bridgehead atoms. The fourth-order valence-electron chi connectivity index (χ4n) is 9.21. The van der Waals surface area contributed by atoms with Gasteiger partial charge in [0, 0.05) is 22.8 Å². The number of hydrogen-bond acceptors (Lipinski definition) is 2. The molecular formula is C58H98N2O2Pd. The quantitative estimate of drug-likeness (QED) is 0.0385. The number of nitrogens with zero attached hydrogens (tertiary/aromatic N) is 2. The van der Waals surface area contributed by atoms with E-state index in [1.807, 2.05) is 13.8 Å². The van der Waals surface area contributed by atoms with Gasteiger partial charge in [-0.3, -0.25) is 0 Å². The maximum atomic E-state index is 12.6. The summed E-state index contributed by atoms with van der Waals surface area (Å²) in [5.41, 5.74) is 27.9. The number of unbranched alkanes of at least 4 members (excludes halogenated alkanes) is 17. The van der Waals surface area contributed by atoms with Crippen LogP contribution in [0, 0.1) is 0 Å². The van der Waals surface area contributed by atoms with Crippen molar-refractivity contribution in [3.05, 3.63) is 86.0 Å². The van der Waals surface area contributed by atoms with Crippen LogP contribution >= 0.6 is 0 Å². The second-order valence-electron chi connectivity index (χ2n) is 18.3. The van der Waals surface area contributed by atoms with E-state index in [4.69, 9.17) is 6.92 Å². The van der Waals surface area contributed by atoms with Crippen molar-refractivity contribution < 1.29 is 30.3 Å². The van der Waals surface area contributed by atoms with Crippen molar-refractivity contribution in [2.45, 2.75) is 261 Å². The molecule has 0 aromatic heterocycles. The van der Waals surface area contributed by atoms with Gasteiger partial charge in [0.1, 0.15) is 0 Å². The molecule has 0 atom stereocenters. The predicted molar refractivity (Wildman–Crippen MR) is 272 cm³/mol. The summed E-state index contributed by atoms with van der Waals surface area (Å²) in [5, 5.41) is 0. The average Bonchev–Trinajstić information content (AvgIpc) is 3.62. The molecule has 63 heavy (non-hydrogen) atoms. The molecule has 1 aliphatic heterocycles. The minimum atomic E-state index is 0.0681. The third-order valence-corrected chi connectivity index (χ3v) is 14.1. The number of benzene rings is 2. The van der Waals surface area contributed by atoms with Crippen LogP contribution in [0.3, 0.4) is 0 Å². The minimum absolute atomic E-state index is 0.0681. The van der Waals surface area contributed by atoms with Gasteiger partial charge in [-0.05, 0) is 148 Å². The molecule has 2 aromatic carbocycles. The molecule has 0 spiro atoms. The number of hydrogen-bond donors (Lipinski definition) is 0. The zero-order chi connectivity index (χ0) is 45.9. The molecule has 1 heterocycles. The molecule has 2 aromatic rings. The van der Waals surface area contributed by atoms with E-state index in [9.17, 15) is 5.53 Å². The van der Waals surface area contributed by atoms with Gasteiger partial charge in [-0.1, -0.05) is 158 Å². The van der Waals surface area contributed by atoms with Crippen LogP contribution in [-0.4, -0.2) is 17.9 Å². The number of allylic oxidation sites excluding steroid dienone is 2. The van der Waals surface area contributed by atoms with Crippen LogP contribution in [0.5, 0.6) is 0 Å². The monoisotopic (exact) mass is 961 g/mol. The Morgan fingerprint density at radius 3 is 1.08 bits per heavy atom. The topological polar surface area (TPSA) is 43.8 Å². The van der Waals surface area contributed by atoms with Crippen LogP contribution in [0.25, 0.3) is 16.9 Å². The molecule has 362 valence electrons.